The van der Waals surface area contributed by atoms with E-state index in [0.29, 0.717) is 0 Å². The van der Waals surface area contributed by atoms with Crippen molar-refractivity contribution in [3.05, 3.63) is 23.8 Å². The van der Waals surface area contributed by atoms with Crippen LogP contribution in [0.25, 0.3) is 0 Å². The van der Waals surface area contributed by atoms with Crippen LogP contribution >= 0.6 is 11.6 Å². The minimum Gasteiger partial charge on any atom is -0.508 e. The van der Waals surface area contributed by atoms with Crippen LogP contribution in [0.5, 0.6) is 11.5 Å². The van der Waals surface area contributed by atoms with E-state index in [9.17, 15) is 23.8 Å². The van der Waals surface area contributed by atoms with Gasteiger partial charge in [-0.25, -0.2) is 8.78 Å². The normalized spacial score (nSPS) is 10.7. The number of nitrogens with zero attached hydrogens (tertiary/aromatic N) is 1. The zero-order valence-electron chi connectivity index (χ0n) is 9.31. The summed E-state index contributed by atoms with van der Waals surface area (Å²) in [6, 6.07) is 3.32. The Morgan fingerprint density at radius 2 is 2.06 bits per heavy atom. The second kappa shape index (κ2) is 6.39. The molecule has 4 nitrogen and oxygen atoms in total. The highest BCUT2D eigenvalue weighted by atomic mass is 35.5. The van der Waals surface area contributed by atoms with Crippen molar-refractivity contribution < 1.29 is 23.8 Å². The first kappa shape index (κ1) is 14.5. The molecule has 0 aromatic heterocycles. The van der Waals surface area contributed by atoms with Crippen molar-refractivity contribution in [1.29, 1.82) is 0 Å². The lowest BCUT2D eigenvalue weighted by molar-refractivity contribution is 0.0568. The molecule has 2 N–H and O–H groups in total. The van der Waals surface area contributed by atoms with Crippen LogP contribution in [-0.2, 0) is 0 Å². The predicted molar refractivity (Wildman–Crippen MR) is 62.4 cm³/mol. The minimum atomic E-state index is -2.70. The van der Waals surface area contributed by atoms with Gasteiger partial charge in [-0.1, -0.05) is 0 Å². The summed E-state index contributed by atoms with van der Waals surface area (Å²) < 4.78 is 24.6. The number of amides is 1. The molecule has 100 valence electrons. The van der Waals surface area contributed by atoms with Crippen LogP contribution in [-0.4, -0.2) is 46.4 Å². The number of aromatic hydroxyl groups is 2. The largest absolute Gasteiger partial charge is 0.508 e. The Bertz CT molecular complexity index is 429. The number of halogens is 3. The second-order valence-corrected chi connectivity index (χ2v) is 3.91. The number of rotatable bonds is 5. The van der Waals surface area contributed by atoms with E-state index in [0.717, 1.165) is 17.0 Å². The molecule has 7 heteroatoms. The van der Waals surface area contributed by atoms with E-state index in [1.807, 2.05) is 0 Å². The monoisotopic (exact) mass is 279 g/mol. The van der Waals surface area contributed by atoms with Gasteiger partial charge < -0.3 is 15.1 Å². The SMILES string of the molecule is O=C(c1cc(O)ccc1O)N(CCCl)CC(F)F. The van der Waals surface area contributed by atoms with Gasteiger partial charge in [0.05, 0.1) is 12.1 Å². The highest BCUT2D eigenvalue weighted by Gasteiger charge is 2.22. The molecular weight excluding hydrogens is 268 g/mol. The van der Waals surface area contributed by atoms with Crippen LogP contribution in [0.4, 0.5) is 8.78 Å². The number of carbonyl (C=O) groups excluding carboxylic acids is 1. The maximum absolute atomic E-state index is 12.3. The lowest BCUT2D eigenvalue weighted by atomic mass is 10.1. The Morgan fingerprint density at radius 3 is 2.61 bits per heavy atom. The summed E-state index contributed by atoms with van der Waals surface area (Å²) in [6.45, 7) is -0.847. The maximum Gasteiger partial charge on any atom is 0.257 e. The molecule has 0 radical (unpaired) electrons. The van der Waals surface area contributed by atoms with Gasteiger partial charge in [0.15, 0.2) is 0 Å². The molecule has 0 saturated carbocycles. The number of hydrogen-bond donors (Lipinski definition) is 2. The number of phenolic OH excluding ortho intramolecular Hbond substituents is 2. The molecule has 0 unspecified atom stereocenters. The van der Waals surface area contributed by atoms with Crippen molar-refractivity contribution in [3.8, 4) is 11.5 Å². The number of carbonyl (C=O) groups is 1. The van der Waals surface area contributed by atoms with Crippen molar-refractivity contribution in [3.63, 3.8) is 0 Å². The number of alkyl halides is 3. The fraction of sp³-hybridized carbons (Fsp3) is 0.364. The van der Waals surface area contributed by atoms with Gasteiger partial charge in [-0.05, 0) is 18.2 Å². The van der Waals surface area contributed by atoms with Crippen LogP contribution in [0, 0.1) is 0 Å². The van der Waals surface area contributed by atoms with E-state index in [1.54, 1.807) is 0 Å². The highest BCUT2D eigenvalue weighted by molar-refractivity contribution is 6.18. The molecule has 0 aliphatic heterocycles. The van der Waals surface area contributed by atoms with Gasteiger partial charge in [0, 0.05) is 12.4 Å². The van der Waals surface area contributed by atoms with Crippen molar-refractivity contribution in [2.75, 3.05) is 19.0 Å². The van der Waals surface area contributed by atoms with Crippen molar-refractivity contribution >= 4 is 17.5 Å². The average Bonchev–Trinajstić information content (AvgIpc) is 2.30. The van der Waals surface area contributed by atoms with E-state index < -0.39 is 18.9 Å². The molecule has 0 saturated heterocycles. The first-order valence-corrected chi connectivity index (χ1v) is 5.64. The van der Waals surface area contributed by atoms with Gasteiger partial charge in [-0.15, -0.1) is 11.6 Å². The minimum absolute atomic E-state index is 0.00195. The van der Waals surface area contributed by atoms with Gasteiger partial charge in [0.1, 0.15) is 11.5 Å². The van der Waals surface area contributed by atoms with Crippen LogP contribution in [0.1, 0.15) is 10.4 Å². The Morgan fingerprint density at radius 1 is 1.39 bits per heavy atom. The van der Waals surface area contributed by atoms with E-state index in [4.69, 9.17) is 11.6 Å². The summed E-state index contributed by atoms with van der Waals surface area (Å²) in [5.41, 5.74) is -0.235. The molecule has 1 rings (SSSR count). The van der Waals surface area contributed by atoms with Crippen LogP contribution in [0.3, 0.4) is 0 Å². The first-order chi connectivity index (χ1) is 8.45. The summed E-state index contributed by atoms with van der Waals surface area (Å²) >= 11 is 5.43. The molecule has 0 spiro atoms. The van der Waals surface area contributed by atoms with E-state index in [1.165, 1.54) is 6.07 Å². The lowest BCUT2D eigenvalue weighted by Crippen LogP contribution is -2.36. The zero-order chi connectivity index (χ0) is 13.7. The third-order valence-corrected chi connectivity index (χ3v) is 2.38. The summed E-state index contributed by atoms with van der Waals surface area (Å²) in [7, 11) is 0. The van der Waals surface area contributed by atoms with Crippen molar-refractivity contribution in [1.82, 2.24) is 4.90 Å². The first-order valence-electron chi connectivity index (χ1n) is 5.11. The second-order valence-electron chi connectivity index (χ2n) is 3.53. The fourth-order valence-corrected chi connectivity index (χ4v) is 1.61. The molecule has 18 heavy (non-hydrogen) atoms. The van der Waals surface area contributed by atoms with E-state index in [-0.39, 0.29) is 29.5 Å². The van der Waals surface area contributed by atoms with E-state index in [2.05, 4.69) is 0 Å². The third kappa shape index (κ3) is 3.73. The van der Waals surface area contributed by atoms with Gasteiger partial charge >= 0.3 is 0 Å². The van der Waals surface area contributed by atoms with Gasteiger partial charge in [-0.3, -0.25) is 4.79 Å². The predicted octanol–water partition coefficient (Wildman–Crippen LogP) is 2.04. The average molecular weight is 280 g/mol. The van der Waals surface area contributed by atoms with Crippen molar-refractivity contribution in [2.45, 2.75) is 6.43 Å². The molecule has 1 aromatic rings. The number of phenols is 2. The smallest absolute Gasteiger partial charge is 0.257 e. The molecule has 0 atom stereocenters. The highest BCUT2D eigenvalue weighted by Crippen LogP contribution is 2.23. The van der Waals surface area contributed by atoms with Gasteiger partial charge in [0.25, 0.3) is 12.3 Å². The zero-order valence-corrected chi connectivity index (χ0v) is 10.1. The molecule has 0 aliphatic rings. The maximum atomic E-state index is 12.3. The van der Waals surface area contributed by atoms with Crippen LogP contribution < -0.4 is 0 Å². The van der Waals surface area contributed by atoms with Crippen molar-refractivity contribution in [2.24, 2.45) is 0 Å². The summed E-state index contributed by atoms with van der Waals surface area (Å²) in [5, 5.41) is 18.7. The Balaban J connectivity index is 2.97. The lowest BCUT2D eigenvalue weighted by Gasteiger charge is -2.21. The standard InChI is InChI=1S/C11H12ClF2NO3/c12-3-4-15(6-10(13)14)11(18)8-5-7(16)1-2-9(8)17/h1-2,5,10,16-17H,3-4,6H2. The summed E-state index contributed by atoms with van der Waals surface area (Å²) in [6.07, 6.45) is -2.70. The van der Waals surface area contributed by atoms with Gasteiger partial charge in [-0.2, -0.15) is 0 Å². The Labute approximate surface area is 107 Å². The van der Waals surface area contributed by atoms with Crippen LogP contribution in [0.2, 0.25) is 0 Å². The number of hydrogen-bond acceptors (Lipinski definition) is 3. The Kier molecular flexibility index (Phi) is 5.15. The summed E-state index contributed by atoms with van der Waals surface area (Å²) in [5.74, 6) is -1.42. The Hall–Kier alpha value is -1.56. The number of benzene rings is 1. The topological polar surface area (TPSA) is 60.8 Å². The molecule has 0 bridgehead atoms. The third-order valence-electron chi connectivity index (χ3n) is 2.21. The van der Waals surface area contributed by atoms with Crippen LogP contribution in [0.15, 0.2) is 18.2 Å². The summed E-state index contributed by atoms with van der Waals surface area (Å²) in [4.78, 5) is 12.7. The molecule has 0 heterocycles. The molecule has 0 aliphatic carbocycles. The molecule has 0 fully saturated rings. The molecule has 1 aromatic carbocycles. The quantitative estimate of drug-likeness (QED) is 0.640. The molecular formula is C11H12ClF2NO3. The van der Waals surface area contributed by atoms with E-state index >= 15 is 0 Å². The fourth-order valence-electron chi connectivity index (χ4n) is 1.41. The molecule has 1 amide bonds. The van der Waals surface area contributed by atoms with Gasteiger partial charge in [0.2, 0.25) is 0 Å².